The SMILES string of the molecule is CCOC(=O)C(/C=C/C(C)O)NC(=O)OC(C)(C)C. The van der Waals surface area contributed by atoms with Crippen LogP contribution < -0.4 is 5.32 Å². The maximum absolute atomic E-state index is 11.6. The van der Waals surface area contributed by atoms with Gasteiger partial charge in [-0.15, -0.1) is 0 Å². The summed E-state index contributed by atoms with van der Waals surface area (Å²) in [5.74, 6) is -0.606. The Hall–Kier alpha value is -1.56. The normalized spacial score (nSPS) is 14.8. The van der Waals surface area contributed by atoms with Crippen molar-refractivity contribution in [3.63, 3.8) is 0 Å². The Bertz CT molecular complexity index is 330. The van der Waals surface area contributed by atoms with Gasteiger partial charge in [0, 0.05) is 0 Å². The van der Waals surface area contributed by atoms with Crippen LogP contribution in [0.25, 0.3) is 0 Å². The molecule has 2 unspecified atom stereocenters. The number of esters is 1. The van der Waals surface area contributed by atoms with Gasteiger partial charge in [-0.25, -0.2) is 9.59 Å². The number of hydrogen-bond acceptors (Lipinski definition) is 5. The molecule has 0 aliphatic carbocycles. The lowest BCUT2D eigenvalue weighted by molar-refractivity contribution is -0.144. The summed E-state index contributed by atoms with van der Waals surface area (Å²) in [6.07, 6.45) is 1.31. The maximum Gasteiger partial charge on any atom is 0.408 e. The van der Waals surface area contributed by atoms with Crippen molar-refractivity contribution in [1.82, 2.24) is 5.32 Å². The van der Waals surface area contributed by atoms with Crippen molar-refractivity contribution in [2.75, 3.05) is 6.61 Å². The topological polar surface area (TPSA) is 84.9 Å². The van der Waals surface area contributed by atoms with Gasteiger partial charge in [0.1, 0.15) is 11.6 Å². The third-order valence-corrected chi connectivity index (χ3v) is 1.79. The van der Waals surface area contributed by atoms with Gasteiger partial charge in [-0.05, 0) is 34.6 Å². The summed E-state index contributed by atoms with van der Waals surface area (Å²) < 4.78 is 9.87. The molecule has 0 bridgehead atoms. The molecule has 0 aromatic heterocycles. The van der Waals surface area contributed by atoms with E-state index in [1.54, 1.807) is 27.7 Å². The molecular formula is C13H23NO5. The minimum Gasteiger partial charge on any atom is -0.464 e. The average Bonchev–Trinajstić information content (AvgIpc) is 2.21. The van der Waals surface area contributed by atoms with Crippen molar-refractivity contribution in [2.45, 2.75) is 52.4 Å². The molecule has 6 heteroatoms. The highest BCUT2D eigenvalue weighted by Gasteiger charge is 2.23. The molecule has 1 amide bonds. The predicted octanol–water partition coefficient (Wildman–Crippen LogP) is 1.38. The number of ether oxygens (including phenoxy) is 2. The quantitative estimate of drug-likeness (QED) is 0.584. The van der Waals surface area contributed by atoms with Crippen molar-refractivity contribution in [3.05, 3.63) is 12.2 Å². The number of rotatable bonds is 5. The first-order valence-electron chi connectivity index (χ1n) is 6.18. The monoisotopic (exact) mass is 273 g/mol. The van der Waals surface area contributed by atoms with Gasteiger partial charge in [-0.2, -0.15) is 0 Å². The molecule has 0 fully saturated rings. The summed E-state index contributed by atoms with van der Waals surface area (Å²) >= 11 is 0. The van der Waals surface area contributed by atoms with Crippen LogP contribution in [-0.2, 0) is 14.3 Å². The van der Waals surface area contributed by atoms with Gasteiger partial charge < -0.3 is 19.9 Å². The van der Waals surface area contributed by atoms with Gasteiger partial charge in [0.25, 0.3) is 0 Å². The molecule has 0 aromatic carbocycles. The largest absolute Gasteiger partial charge is 0.464 e. The zero-order chi connectivity index (χ0) is 15.1. The number of carbonyl (C=O) groups is 2. The lowest BCUT2D eigenvalue weighted by atomic mass is 10.2. The molecule has 0 radical (unpaired) electrons. The first kappa shape index (κ1) is 17.4. The molecule has 19 heavy (non-hydrogen) atoms. The minimum atomic E-state index is -0.982. The van der Waals surface area contributed by atoms with Crippen LogP contribution in [0.3, 0.4) is 0 Å². The summed E-state index contributed by atoms with van der Waals surface area (Å²) in [6, 6.07) is -0.982. The molecule has 0 saturated heterocycles. The molecule has 2 N–H and O–H groups in total. The summed E-state index contributed by atoms with van der Waals surface area (Å²) in [4.78, 5) is 23.2. The molecule has 0 aliphatic rings. The lowest BCUT2D eigenvalue weighted by Crippen LogP contribution is -2.43. The summed E-state index contributed by atoms with van der Waals surface area (Å²) in [6.45, 7) is 8.56. The Morgan fingerprint density at radius 2 is 1.89 bits per heavy atom. The van der Waals surface area contributed by atoms with Gasteiger partial charge in [0.2, 0.25) is 0 Å². The third kappa shape index (κ3) is 9.07. The van der Waals surface area contributed by atoms with Crippen LogP contribution in [0.5, 0.6) is 0 Å². The van der Waals surface area contributed by atoms with E-state index >= 15 is 0 Å². The number of nitrogens with one attached hydrogen (secondary N) is 1. The molecule has 0 heterocycles. The molecule has 0 aromatic rings. The minimum absolute atomic E-state index is 0.202. The van der Waals surface area contributed by atoms with Gasteiger partial charge in [-0.1, -0.05) is 12.2 Å². The molecule has 110 valence electrons. The highest BCUT2D eigenvalue weighted by Crippen LogP contribution is 2.07. The Kier molecular flexibility index (Phi) is 7.14. The zero-order valence-corrected chi connectivity index (χ0v) is 12.1. The maximum atomic E-state index is 11.6. The third-order valence-electron chi connectivity index (χ3n) is 1.79. The van der Waals surface area contributed by atoms with Crippen molar-refractivity contribution in [1.29, 1.82) is 0 Å². The molecule has 2 atom stereocenters. The van der Waals surface area contributed by atoms with Crippen LogP contribution in [0.2, 0.25) is 0 Å². The fourth-order valence-electron chi connectivity index (χ4n) is 1.12. The fourth-order valence-corrected chi connectivity index (χ4v) is 1.12. The van der Waals surface area contributed by atoms with Crippen molar-refractivity contribution in [3.8, 4) is 0 Å². The number of carbonyl (C=O) groups excluding carboxylic acids is 2. The summed E-state index contributed by atoms with van der Waals surface area (Å²) in [5, 5.41) is 11.5. The van der Waals surface area contributed by atoms with Crippen LogP contribution in [-0.4, -0.2) is 41.5 Å². The van der Waals surface area contributed by atoms with E-state index in [4.69, 9.17) is 14.6 Å². The number of alkyl carbamates (subject to hydrolysis) is 1. The molecule has 0 spiro atoms. The van der Waals surface area contributed by atoms with E-state index in [-0.39, 0.29) is 6.61 Å². The van der Waals surface area contributed by atoms with E-state index in [9.17, 15) is 9.59 Å². The molecular weight excluding hydrogens is 250 g/mol. The molecule has 0 rings (SSSR count). The van der Waals surface area contributed by atoms with E-state index in [1.807, 2.05) is 0 Å². The number of aliphatic hydroxyl groups is 1. The number of aliphatic hydroxyl groups excluding tert-OH is 1. The standard InChI is InChI=1S/C13H23NO5/c1-6-18-11(16)10(8-7-9(2)15)14-12(17)19-13(3,4)5/h7-10,15H,6H2,1-5H3,(H,14,17)/b8-7+. The Labute approximate surface area is 113 Å². The van der Waals surface area contributed by atoms with Gasteiger partial charge in [-0.3, -0.25) is 0 Å². The first-order chi connectivity index (χ1) is 8.65. The summed E-state index contributed by atoms with van der Waals surface area (Å²) in [5.41, 5.74) is -0.655. The second kappa shape index (κ2) is 7.78. The van der Waals surface area contributed by atoms with Crippen LogP contribution in [0, 0.1) is 0 Å². The van der Waals surface area contributed by atoms with Crippen LogP contribution in [0.1, 0.15) is 34.6 Å². The number of amides is 1. The van der Waals surface area contributed by atoms with E-state index < -0.39 is 29.8 Å². The van der Waals surface area contributed by atoms with Crippen molar-refractivity contribution in [2.24, 2.45) is 0 Å². The fraction of sp³-hybridized carbons (Fsp3) is 0.692. The molecule has 6 nitrogen and oxygen atoms in total. The summed E-state index contributed by atoms with van der Waals surface area (Å²) in [7, 11) is 0. The number of hydrogen-bond donors (Lipinski definition) is 2. The van der Waals surface area contributed by atoms with Crippen LogP contribution >= 0.6 is 0 Å². The van der Waals surface area contributed by atoms with Crippen molar-refractivity contribution < 1.29 is 24.2 Å². The highest BCUT2D eigenvalue weighted by molar-refractivity contribution is 5.83. The average molecular weight is 273 g/mol. The Morgan fingerprint density at radius 1 is 1.32 bits per heavy atom. The highest BCUT2D eigenvalue weighted by atomic mass is 16.6. The second-order valence-corrected chi connectivity index (χ2v) is 5.00. The lowest BCUT2D eigenvalue weighted by Gasteiger charge is -2.21. The van der Waals surface area contributed by atoms with E-state index in [1.165, 1.54) is 19.1 Å². The first-order valence-corrected chi connectivity index (χ1v) is 6.18. The van der Waals surface area contributed by atoms with Gasteiger partial charge in [0.05, 0.1) is 12.7 Å². The van der Waals surface area contributed by atoms with E-state index in [2.05, 4.69) is 5.32 Å². The second-order valence-electron chi connectivity index (χ2n) is 5.00. The van der Waals surface area contributed by atoms with E-state index in [0.717, 1.165) is 0 Å². The van der Waals surface area contributed by atoms with Crippen LogP contribution in [0.4, 0.5) is 4.79 Å². The predicted molar refractivity (Wildman–Crippen MR) is 70.6 cm³/mol. The van der Waals surface area contributed by atoms with Gasteiger partial charge >= 0.3 is 12.1 Å². The Morgan fingerprint density at radius 3 is 2.32 bits per heavy atom. The smallest absolute Gasteiger partial charge is 0.408 e. The van der Waals surface area contributed by atoms with E-state index in [0.29, 0.717) is 0 Å². The van der Waals surface area contributed by atoms with Crippen molar-refractivity contribution >= 4 is 12.1 Å². The molecule has 0 saturated carbocycles. The van der Waals surface area contributed by atoms with Crippen LogP contribution in [0.15, 0.2) is 12.2 Å². The zero-order valence-electron chi connectivity index (χ0n) is 12.1. The Balaban J connectivity index is 4.67. The molecule has 0 aliphatic heterocycles. The van der Waals surface area contributed by atoms with Gasteiger partial charge in [0.15, 0.2) is 0 Å².